The van der Waals surface area contributed by atoms with Crippen LogP contribution < -0.4 is 0 Å². The quantitative estimate of drug-likeness (QED) is 0.124. The minimum atomic E-state index is -1.22. The molecule has 1 atom stereocenters. The van der Waals surface area contributed by atoms with Crippen molar-refractivity contribution in [3.63, 3.8) is 0 Å². The molecule has 0 saturated carbocycles. The zero-order valence-corrected chi connectivity index (χ0v) is 27.2. The molecule has 0 radical (unpaired) electrons. The number of unbranched alkanes of at least 4 members (excludes halogenated alkanes) is 10. The van der Waals surface area contributed by atoms with Gasteiger partial charge in [0.15, 0.2) is 11.6 Å². The first-order valence-corrected chi connectivity index (χ1v) is 16.9. The minimum Gasteiger partial charge on any atom is -0.506 e. The predicted molar refractivity (Wildman–Crippen MR) is 178 cm³/mol. The number of Topliss-reactive ketones (excluding diaryl/α,β-unsaturated/α-hetero) is 2. The maximum atomic E-state index is 13.8. The van der Waals surface area contributed by atoms with Crippen molar-refractivity contribution < 1.29 is 19.5 Å². The fourth-order valence-corrected chi connectivity index (χ4v) is 6.20. The van der Waals surface area contributed by atoms with Gasteiger partial charge in [-0.15, -0.1) is 0 Å². The highest BCUT2D eigenvalue weighted by Gasteiger charge is 2.42. The second-order valence-electron chi connectivity index (χ2n) is 12.7. The van der Waals surface area contributed by atoms with Crippen LogP contribution in [-0.2, 0) is 0 Å². The van der Waals surface area contributed by atoms with E-state index in [2.05, 4.69) is 32.7 Å². The molecule has 0 bridgehead atoms. The van der Waals surface area contributed by atoms with Gasteiger partial charge >= 0.3 is 0 Å². The summed E-state index contributed by atoms with van der Waals surface area (Å²) in [5, 5.41) is 11.6. The zero-order valence-electron chi connectivity index (χ0n) is 27.2. The minimum absolute atomic E-state index is 0.0743. The molecule has 1 aliphatic carbocycles. The van der Waals surface area contributed by atoms with Gasteiger partial charge in [-0.05, 0) is 54.7 Å². The van der Waals surface area contributed by atoms with E-state index in [-0.39, 0.29) is 40.2 Å². The number of carbonyl (C=O) groups excluding carboxylic acids is 3. The molecule has 1 amide bonds. The number of rotatable bonds is 17. The van der Waals surface area contributed by atoms with E-state index in [0.717, 1.165) is 36.6 Å². The average Bonchev–Trinajstić information content (AvgIpc) is 3.26. The number of ketones is 2. The highest BCUT2D eigenvalue weighted by molar-refractivity contribution is 6.30. The molecule has 0 saturated heterocycles. The first-order valence-electron chi connectivity index (χ1n) is 16.9. The molecule has 1 aliphatic rings. The van der Waals surface area contributed by atoms with Crippen LogP contribution in [0, 0.1) is 0 Å². The fourth-order valence-electron chi connectivity index (χ4n) is 6.20. The molecular weight excluding hydrogens is 548 g/mol. The van der Waals surface area contributed by atoms with Gasteiger partial charge in [0, 0.05) is 35.2 Å². The van der Waals surface area contributed by atoms with Crippen molar-refractivity contribution in [1.82, 2.24) is 9.88 Å². The van der Waals surface area contributed by atoms with Crippen molar-refractivity contribution in [3.05, 3.63) is 70.4 Å². The summed E-state index contributed by atoms with van der Waals surface area (Å²) in [6.45, 7) is 9.98. The van der Waals surface area contributed by atoms with Crippen molar-refractivity contribution in [2.45, 2.75) is 117 Å². The fraction of sp³-hybridized carbons (Fsp3) is 0.526. The molecule has 3 aromatic rings. The molecule has 0 aliphatic heterocycles. The summed E-state index contributed by atoms with van der Waals surface area (Å²) in [5.41, 5.74) is 2.75. The van der Waals surface area contributed by atoms with E-state index in [1.807, 2.05) is 23.1 Å². The van der Waals surface area contributed by atoms with E-state index in [4.69, 9.17) is 0 Å². The van der Waals surface area contributed by atoms with Gasteiger partial charge in [-0.1, -0.05) is 104 Å². The molecule has 6 heteroatoms. The Kier molecular flexibility index (Phi) is 12.1. The van der Waals surface area contributed by atoms with Crippen molar-refractivity contribution in [1.29, 1.82) is 0 Å². The summed E-state index contributed by atoms with van der Waals surface area (Å²) < 4.78 is 0. The molecule has 1 aromatic heterocycles. The molecule has 4 rings (SSSR count). The number of amides is 1. The van der Waals surface area contributed by atoms with Crippen LogP contribution in [0.1, 0.15) is 159 Å². The van der Waals surface area contributed by atoms with Crippen LogP contribution in [0.5, 0.6) is 5.75 Å². The smallest absolute Gasteiger partial charge is 0.253 e. The van der Waals surface area contributed by atoms with Crippen LogP contribution in [0.25, 0.3) is 10.9 Å². The largest absolute Gasteiger partial charge is 0.506 e. The molecule has 236 valence electrons. The Morgan fingerprint density at radius 1 is 0.773 bits per heavy atom. The molecule has 6 nitrogen and oxygen atoms in total. The molecule has 1 N–H and O–H groups in total. The van der Waals surface area contributed by atoms with Crippen molar-refractivity contribution >= 4 is 28.4 Å². The Labute approximate surface area is 263 Å². The Morgan fingerprint density at radius 3 is 1.98 bits per heavy atom. The van der Waals surface area contributed by atoms with E-state index in [0.29, 0.717) is 24.2 Å². The molecule has 44 heavy (non-hydrogen) atoms. The van der Waals surface area contributed by atoms with Crippen molar-refractivity contribution in [2.75, 3.05) is 13.1 Å². The third-order valence-electron chi connectivity index (χ3n) is 8.96. The third-order valence-corrected chi connectivity index (χ3v) is 8.96. The number of nitrogens with zero attached hydrogens (tertiary/aromatic N) is 2. The number of benzene rings is 2. The summed E-state index contributed by atoms with van der Waals surface area (Å²) in [4.78, 5) is 47.6. The Bertz CT molecular complexity index is 1440. The number of hydrogen-bond donors (Lipinski definition) is 1. The topological polar surface area (TPSA) is 87.6 Å². The Morgan fingerprint density at radius 2 is 1.36 bits per heavy atom. The predicted octanol–water partition coefficient (Wildman–Crippen LogP) is 9.39. The van der Waals surface area contributed by atoms with E-state index in [9.17, 15) is 19.5 Å². The van der Waals surface area contributed by atoms with Gasteiger partial charge in [0.1, 0.15) is 17.4 Å². The van der Waals surface area contributed by atoms with Crippen LogP contribution in [0.15, 0.2) is 42.5 Å². The van der Waals surface area contributed by atoms with Crippen LogP contribution in [0.3, 0.4) is 0 Å². The van der Waals surface area contributed by atoms with Gasteiger partial charge in [0.25, 0.3) is 5.91 Å². The number of aromatic nitrogens is 1. The van der Waals surface area contributed by atoms with Crippen LogP contribution >= 0.6 is 0 Å². The summed E-state index contributed by atoms with van der Waals surface area (Å²) in [7, 11) is 0. The highest BCUT2D eigenvalue weighted by Crippen LogP contribution is 2.38. The molecule has 1 heterocycles. The van der Waals surface area contributed by atoms with Gasteiger partial charge in [-0.25, -0.2) is 4.98 Å². The Balaban J connectivity index is 1.53. The van der Waals surface area contributed by atoms with Gasteiger partial charge in [-0.2, -0.15) is 0 Å². The summed E-state index contributed by atoms with van der Waals surface area (Å²) in [6, 6.07) is 12.3. The first kappa shape index (κ1) is 33.4. The van der Waals surface area contributed by atoms with Gasteiger partial charge in [0.2, 0.25) is 0 Å². The van der Waals surface area contributed by atoms with E-state index in [1.165, 1.54) is 51.4 Å². The van der Waals surface area contributed by atoms with Gasteiger partial charge in [0.05, 0.1) is 5.52 Å². The van der Waals surface area contributed by atoms with Gasteiger partial charge < -0.3 is 10.0 Å². The molecule has 2 aromatic carbocycles. The summed E-state index contributed by atoms with van der Waals surface area (Å²) in [6.07, 6.45) is 13.8. The second-order valence-corrected chi connectivity index (χ2v) is 12.7. The van der Waals surface area contributed by atoms with E-state index >= 15 is 0 Å². The maximum Gasteiger partial charge on any atom is 0.253 e. The number of carbonyl (C=O) groups is 3. The average molecular weight is 599 g/mol. The lowest BCUT2D eigenvalue weighted by Crippen LogP contribution is -2.33. The van der Waals surface area contributed by atoms with Crippen molar-refractivity contribution in [2.24, 2.45) is 0 Å². The second kappa shape index (κ2) is 16.0. The molecule has 0 fully saturated rings. The number of fused-ring (bicyclic) bond motifs is 2. The highest BCUT2D eigenvalue weighted by atomic mass is 16.3. The van der Waals surface area contributed by atoms with Crippen LogP contribution in [0.4, 0.5) is 0 Å². The van der Waals surface area contributed by atoms with Crippen molar-refractivity contribution in [3.8, 4) is 5.75 Å². The lowest BCUT2D eigenvalue weighted by Gasteiger charge is -2.23. The first-order chi connectivity index (χ1) is 21.3. The molecule has 0 spiro atoms. The summed E-state index contributed by atoms with van der Waals surface area (Å²) >= 11 is 0. The van der Waals surface area contributed by atoms with Crippen LogP contribution in [0.2, 0.25) is 0 Å². The molecular formula is C38H50N2O4. The normalized spacial score (nSPS) is 14.5. The number of hydrogen-bond acceptors (Lipinski definition) is 5. The lowest BCUT2D eigenvalue weighted by molar-refractivity contribution is 0.0748. The monoisotopic (exact) mass is 598 g/mol. The summed E-state index contributed by atoms with van der Waals surface area (Å²) in [5.74, 6) is -2.00. The standard InChI is InChI=1S/C38H50N2O4/c1-5-7-9-11-13-15-21-40(22-16-14-12-10-8-6-2)38(44)29-19-20-30-31(23-29)37(43)34(36(30)42)35-33(41)25-28-18-17-27(26(3)4)24-32(28)39-35/h17-20,23-26,34,41H,5-16,21-22H2,1-4H3. The SMILES string of the molecule is CCCCCCCCN(CCCCCCCC)C(=O)c1ccc2c(c1)C(=O)C(c1nc3cc(C(C)C)ccc3cc1O)C2=O. The number of aromatic hydroxyl groups is 1. The lowest BCUT2D eigenvalue weighted by atomic mass is 9.96. The van der Waals surface area contributed by atoms with Crippen LogP contribution in [-0.4, -0.2) is 45.6 Å². The molecule has 1 unspecified atom stereocenters. The Hall–Kier alpha value is -3.54. The van der Waals surface area contributed by atoms with E-state index in [1.54, 1.807) is 24.3 Å². The number of pyridine rings is 1. The van der Waals surface area contributed by atoms with Gasteiger partial charge in [-0.3, -0.25) is 14.4 Å². The third kappa shape index (κ3) is 7.94. The maximum absolute atomic E-state index is 13.8. The van der Waals surface area contributed by atoms with E-state index < -0.39 is 11.7 Å². The zero-order chi connectivity index (χ0) is 31.6.